The molecule has 1 fully saturated rings. The van der Waals surface area contributed by atoms with Crippen molar-refractivity contribution < 1.29 is 23.3 Å². The zero-order chi connectivity index (χ0) is 25.0. The molecule has 1 unspecified atom stereocenters. The minimum absolute atomic E-state index is 0.0401. The molecule has 1 aliphatic heterocycles. The fraction of sp³-hybridized carbons (Fsp3) is 0.680. The van der Waals surface area contributed by atoms with E-state index in [1.807, 2.05) is 45.9 Å². The van der Waals surface area contributed by atoms with E-state index in [0.29, 0.717) is 18.6 Å². The third-order valence-corrected chi connectivity index (χ3v) is 7.35. The number of rotatable bonds is 11. The lowest BCUT2D eigenvalue weighted by Crippen LogP contribution is -2.37. The van der Waals surface area contributed by atoms with Crippen LogP contribution in [0, 0.1) is 17.2 Å². The maximum atomic E-state index is 12.6. The molecule has 0 N–H and O–H groups in total. The first-order valence-corrected chi connectivity index (χ1v) is 13.0. The molecular formula is C25H41N2O5P. The van der Waals surface area contributed by atoms with E-state index in [1.165, 1.54) is 0 Å². The van der Waals surface area contributed by atoms with Gasteiger partial charge in [-0.25, -0.2) is 9.46 Å². The summed E-state index contributed by atoms with van der Waals surface area (Å²) in [4.78, 5) is 12.6. The summed E-state index contributed by atoms with van der Waals surface area (Å²) in [6.07, 6.45) is -0.551. The molecule has 1 aromatic rings. The van der Waals surface area contributed by atoms with Crippen LogP contribution in [0.4, 0.5) is 0 Å². The number of nitriles is 1. The summed E-state index contributed by atoms with van der Waals surface area (Å²) in [6, 6.07) is 11.5. The Kier molecular flexibility index (Phi) is 13.7. The second-order valence-corrected chi connectivity index (χ2v) is 9.77. The third-order valence-electron chi connectivity index (χ3n) is 5.28. The molecule has 0 amide bonds. The zero-order valence-electron chi connectivity index (χ0n) is 21.4. The van der Waals surface area contributed by atoms with Crippen LogP contribution in [0.1, 0.15) is 72.2 Å². The fourth-order valence-corrected chi connectivity index (χ4v) is 5.23. The topological polar surface area (TPSA) is 81.0 Å². The number of ether oxygens (including phenoxy) is 2. The van der Waals surface area contributed by atoms with Gasteiger partial charge < -0.3 is 18.5 Å². The van der Waals surface area contributed by atoms with Crippen LogP contribution in [-0.4, -0.2) is 54.2 Å². The zero-order valence-corrected chi connectivity index (χ0v) is 22.2. The lowest BCUT2D eigenvalue weighted by molar-refractivity contribution is -0.0295. The van der Waals surface area contributed by atoms with E-state index in [2.05, 4.69) is 38.4 Å². The number of hydrogen-bond donors (Lipinski definition) is 0. The number of carbonyl (C=O) groups is 1. The van der Waals surface area contributed by atoms with E-state index in [4.69, 9.17) is 23.8 Å². The van der Waals surface area contributed by atoms with E-state index in [9.17, 15) is 4.79 Å². The standard InChI is InChI=1S/C23H35N2O5P.C2H6/c1-16(2)25(17(3)4)31(27-14-10-13-24)28-15-21-22(18(5)19(6)29-21)30-23(26)20-11-8-7-9-12-20;1-2/h7-9,11-12,16-19,21-22H,10,14-15H2,1-6H3;1-2H3/t18-,19-,21+,22-,31?;/m0./s1. The van der Waals surface area contributed by atoms with Gasteiger partial charge in [-0.15, -0.1) is 0 Å². The highest BCUT2D eigenvalue weighted by Gasteiger charge is 2.43. The van der Waals surface area contributed by atoms with Gasteiger partial charge in [0.1, 0.15) is 12.2 Å². The van der Waals surface area contributed by atoms with Crippen molar-refractivity contribution in [2.75, 3.05) is 13.2 Å². The molecule has 7 nitrogen and oxygen atoms in total. The number of hydrogen-bond acceptors (Lipinski definition) is 7. The summed E-state index contributed by atoms with van der Waals surface area (Å²) >= 11 is 0. The largest absolute Gasteiger partial charge is 0.456 e. The van der Waals surface area contributed by atoms with Gasteiger partial charge in [0.2, 0.25) is 0 Å². The Morgan fingerprint density at radius 2 is 1.73 bits per heavy atom. The molecule has 0 saturated carbocycles. The van der Waals surface area contributed by atoms with Gasteiger partial charge in [0, 0.05) is 18.0 Å². The maximum Gasteiger partial charge on any atom is 0.338 e. The van der Waals surface area contributed by atoms with Gasteiger partial charge in [0.15, 0.2) is 0 Å². The SMILES string of the molecule is CC.CC(C)N(C(C)C)P(OCCC#N)OC[C@H]1O[C@@H](C)[C@H](C)[C@@H]1OC(=O)c1ccccc1. The molecule has 2 rings (SSSR count). The van der Waals surface area contributed by atoms with Crippen molar-refractivity contribution in [1.29, 1.82) is 5.26 Å². The fourth-order valence-electron chi connectivity index (χ4n) is 3.62. The molecule has 0 aromatic heterocycles. The predicted octanol–water partition coefficient (Wildman–Crippen LogP) is 5.95. The lowest BCUT2D eigenvalue weighted by Gasteiger charge is -2.36. The first-order chi connectivity index (χ1) is 15.8. The third kappa shape index (κ3) is 8.96. The van der Waals surface area contributed by atoms with Crippen LogP contribution >= 0.6 is 8.53 Å². The van der Waals surface area contributed by atoms with Gasteiger partial charge >= 0.3 is 5.97 Å². The number of esters is 1. The van der Waals surface area contributed by atoms with Gasteiger partial charge in [-0.2, -0.15) is 5.26 Å². The van der Waals surface area contributed by atoms with Gasteiger partial charge in [-0.1, -0.05) is 39.0 Å². The van der Waals surface area contributed by atoms with Crippen molar-refractivity contribution in [2.24, 2.45) is 5.92 Å². The van der Waals surface area contributed by atoms with Crippen molar-refractivity contribution in [1.82, 2.24) is 4.67 Å². The molecule has 0 aliphatic carbocycles. The average Bonchev–Trinajstić information content (AvgIpc) is 3.06. The monoisotopic (exact) mass is 480 g/mol. The molecule has 0 radical (unpaired) electrons. The van der Waals surface area contributed by atoms with Crippen molar-refractivity contribution in [3.05, 3.63) is 35.9 Å². The van der Waals surface area contributed by atoms with E-state index in [1.54, 1.807) is 12.1 Å². The minimum atomic E-state index is -1.38. The van der Waals surface area contributed by atoms with E-state index in [-0.39, 0.29) is 42.8 Å². The van der Waals surface area contributed by atoms with Crippen LogP contribution in [0.5, 0.6) is 0 Å². The van der Waals surface area contributed by atoms with Crippen molar-refractivity contribution in [2.45, 2.75) is 92.2 Å². The van der Waals surface area contributed by atoms with E-state index in [0.717, 1.165) is 0 Å². The van der Waals surface area contributed by atoms with Crippen molar-refractivity contribution >= 4 is 14.5 Å². The molecule has 8 heteroatoms. The highest BCUT2D eigenvalue weighted by molar-refractivity contribution is 7.44. The molecule has 1 saturated heterocycles. The first kappa shape index (κ1) is 29.5. The lowest BCUT2D eigenvalue weighted by atomic mass is 9.99. The van der Waals surface area contributed by atoms with Gasteiger partial charge in [0.25, 0.3) is 8.53 Å². The van der Waals surface area contributed by atoms with Crippen LogP contribution < -0.4 is 0 Å². The predicted molar refractivity (Wildman–Crippen MR) is 132 cm³/mol. The summed E-state index contributed by atoms with van der Waals surface area (Å²) in [6.45, 7) is 16.9. The van der Waals surface area contributed by atoms with Crippen molar-refractivity contribution in [3.63, 3.8) is 0 Å². The van der Waals surface area contributed by atoms with Crippen LogP contribution in [-0.2, 0) is 18.5 Å². The van der Waals surface area contributed by atoms with Crippen LogP contribution in [0.15, 0.2) is 30.3 Å². The van der Waals surface area contributed by atoms with Gasteiger partial charge in [-0.05, 0) is 46.8 Å². The molecule has 0 spiro atoms. The highest BCUT2D eigenvalue weighted by Crippen LogP contribution is 2.47. The minimum Gasteiger partial charge on any atom is -0.456 e. The number of benzene rings is 1. The molecule has 5 atom stereocenters. The molecule has 33 heavy (non-hydrogen) atoms. The number of nitrogens with zero attached hydrogens (tertiary/aromatic N) is 2. The number of carbonyl (C=O) groups excluding carboxylic acids is 1. The summed E-state index contributed by atoms with van der Waals surface area (Å²) < 4.78 is 26.3. The molecular weight excluding hydrogens is 439 g/mol. The molecule has 0 bridgehead atoms. The summed E-state index contributed by atoms with van der Waals surface area (Å²) in [5, 5.41) is 8.86. The second-order valence-electron chi connectivity index (χ2n) is 8.32. The summed E-state index contributed by atoms with van der Waals surface area (Å²) in [5.74, 6) is -0.322. The van der Waals surface area contributed by atoms with Crippen molar-refractivity contribution in [3.8, 4) is 6.07 Å². The first-order valence-electron chi connectivity index (χ1n) is 11.9. The Hall–Kier alpha value is -1.55. The Bertz CT molecular complexity index is 717. The second kappa shape index (κ2) is 15.4. The van der Waals surface area contributed by atoms with E-state index >= 15 is 0 Å². The molecule has 1 heterocycles. The van der Waals surface area contributed by atoms with Crippen LogP contribution in [0.2, 0.25) is 0 Å². The average molecular weight is 481 g/mol. The van der Waals surface area contributed by atoms with E-state index < -0.39 is 14.6 Å². The highest BCUT2D eigenvalue weighted by atomic mass is 31.2. The molecule has 1 aliphatic rings. The Balaban J connectivity index is 0.00000265. The normalized spacial score (nSPS) is 23.2. The maximum absolute atomic E-state index is 12.6. The van der Waals surface area contributed by atoms with Gasteiger partial charge in [-0.3, -0.25) is 0 Å². The molecule has 186 valence electrons. The Labute approximate surface area is 201 Å². The Morgan fingerprint density at radius 3 is 2.27 bits per heavy atom. The smallest absolute Gasteiger partial charge is 0.338 e. The Morgan fingerprint density at radius 1 is 1.12 bits per heavy atom. The van der Waals surface area contributed by atoms with Gasteiger partial charge in [0.05, 0.1) is 37.4 Å². The molecule has 1 aromatic carbocycles. The van der Waals surface area contributed by atoms with Crippen LogP contribution in [0.25, 0.3) is 0 Å². The van der Waals surface area contributed by atoms with Crippen LogP contribution in [0.3, 0.4) is 0 Å². The summed E-state index contributed by atoms with van der Waals surface area (Å²) in [5.41, 5.74) is 0.516. The quantitative estimate of drug-likeness (QED) is 0.220. The summed E-state index contributed by atoms with van der Waals surface area (Å²) in [7, 11) is -1.38.